The number of amides is 1. The van der Waals surface area contributed by atoms with Crippen LogP contribution < -0.4 is 5.32 Å². The maximum absolute atomic E-state index is 11.9. The molecule has 1 aliphatic rings. The van der Waals surface area contributed by atoms with Gasteiger partial charge in [0.05, 0.1) is 6.61 Å². The first kappa shape index (κ1) is 13.5. The van der Waals surface area contributed by atoms with Crippen molar-refractivity contribution in [3.63, 3.8) is 0 Å². The number of hydrogen-bond donors (Lipinski definition) is 1. The minimum Gasteiger partial charge on any atom is -0.381 e. The van der Waals surface area contributed by atoms with E-state index in [1.807, 2.05) is 11.8 Å². The van der Waals surface area contributed by atoms with Crippen LogP contribution in [0.2, 0.25) is 0 Å². The summed E-state index contributed by atoms with van der Waals surface area (Å²) in [7, 11) is 0. The van der Waals surface area contributed by atoms with Crippen LogP contribution in [-0.2, 0) is 9.53 Å². The highest BCUT2D eigenvalue weighted by Crippen LogP contribution is 2.14. The average Bonchev–Trinajstić information content (AvgIpc) is 2.78. The molecule has 1 saturated heterocycles. The van der Waals surface area contributed by atoms with Gasteiger partial charge in [0.1, 0.15) is 0 Å². The smallest absolute Gasteiger partial charge is 0.223 e. The third-order valence-electron chi connectivity index (χ3n) is 3.00. The Balaban J connectivity index is 2.25. The van der Waals surface area contributed by atoms with Crippen LogP contribution >= 0.6 is 0 Å². The van der Waals surface area contributed by atoms with Crippen molar-refractivity contribution in [2.45, 2.75) is 26.7 Å². The van der Waals surface area contributed by atoms with Crippen LogP contribution in [0.15, 0.2) is 0 Å². The summed E-state index contributed by atoms with van der Waals surface area (Å²) in [5.41, 5.74) is 0. The van der Waals surface area contributed by atoms with E-state index < -0.39 is 0 Å². The molecule has 1 fully saturated rings. The van der Waals surface area contributed by atoms with Gasteiger partial charge in [-0.25, -0.2) is 0 Å². The van der Waals surface area contributed by atoms with Gasteiger partial charge in [-0.1, -0.05) is 6.92 Å². The molecule has 94 valence electrons. The Morgan fingerprint density at radius 2 is 2.31 bits per heavy atom. The second-order valence-electron chi connectivity index (χ2n) is 4.27. The molecule has 4 nitrogen and oxygen atoms in total. The fourth-order valence-corrected chi connectivity index (χ4v) is 1.98. The van der Waals surface area contributed by atoms with Gasteiger partial charge >= 0.3 is 0 Å². The van der Waals surface area contributed by atoms with Gasteiger partial charge in [0.25, 0.3) is 0 Å². The van der Waals surface area contributed by atoms with E-state index in [1.54, 1.807) is 0 Å². The van der Waals surface area contributed by atoms with Crippen molar-refractivity contribution in [2.75, 3.05) is 39.4 Å². The molecule has 1 aliphatic heterocycles. The number of ether oxygens (including phenoxy) is 1. The second-order valence-corrected chi connectivity index (χ2v) is 4.27. The molecule has 0 spiro atoms. The maximum Gasteiger partial charge on any atom is 0.223 e. The zero-order valence-electron chi connectivity index (χ0n) is 10.5. The molecule has 1 atom stereocenters. The van der Waals surface area contributed by atoms with Crippen LogP contribution in [0.3, 0.4) is 0 Å². The quantitative estimate of drug-likeness (QED) is 0.657. The molecule has 1 heterocycles. The molecule has 0 radical (unpaired) electrons. The Labute approximate surface area is 98.3 Å². The van der Waals surface area contributed by atoms with Gasteiger partial charge < -0.3 is 15.0 Å². The van der Waals surface area contributed by atoms with Crippen molar-refractivity contribution in [2.24, 2.45) is 5.92 Å². The fourth-order valence-electron chi connectivity index (χ4n) is 1.98. The molecule has 0 bridgehead atoms. The molecule has 4 heteroatoms. The molecule has 16 heavy (non-hydrogen) atoms. The van der Waals surface area contributed by atoms with Crippen molar-refractivity contribution in [1.82, 2.24) is 10.2 Å². The van der Waals surface area contributed by atoms with Crippen molar-refractivity contribution < 1.29 is 9.53 Å². The second kappa shape index (κ2) is 7.63. The van der Waals surface area contributed by atoms with E-state index >= 15 is 0 Å². The lowest BCUT2D eigenvalue weighted by molar-refractivity contribution is -0.131. The monoisotopic (exact) mass is 228 g/mol. The standard InChI is InChI=1S/C12H24N2O2/c1-3-13-7-5-12(15)14(4-2)9-11-6-8-16-10-11/h11,13H,3-10H2,1-2H3. The normalized spacial score (nSPS) is 20.0. The van der Waals surface area contributed by atoms with Crippen molar-refractivity contribution in [1.29, 1.82) is 0 Å². The predicted octanol–water partition coefficient (Wildman–Crippen LogP) is 0.871. The first-order valence-corrected chi connectivity index (χ1v) is 6.34. The van der Waals surface area contributed by atoms with Gasteiger partial charge in [-0.15, -0.1) is 0 Å². The zero-order chi connectivity index (χ0) is 11.8. The molecule has 1 amide bonds. The lowest BCUT2D eigenvalue weighted by Gasteiger charge is -2.23. The highest BCUT2D eigenvalue weighted by Gasteiger charge is 2.20. The topological polar surface area (TPSA) is 41.6 Å². The fraction of sp³-hybridized carbons (Fsp3) is 0.917. The van der Waals surface area contributed by atoms with E-state index in [4.69, 9.17) is 4.74 Å². The van der Waals surface area contributed by atoms with Gasteiger partial charge in [0.2, 0.25) is 5.91 Å². The Kier molecular flexibility index (Phi) is 6.42. The van der Waals surface area contributed by atoms with Gasteiger partial charge in [-0.3, -0.25) is 4.79 Å². The average molecular weight is 228 g/mol. The number of nitrogens with zero attached hydrogens (tertiary/aromatic N) is 1. The summed E-state index contributed by atoms with van der Waals surface area (Å²) in [5, 5.41) is 3.18. The molecule has 0 aromatic carbocycles. The van der Waals surface area contributed by atoms with Crippen LogP contribution in [-0.4, -0.2) is 50.2 Å². The van der Waals surface area contributed by atoms with E-state index in [2.05, 4.69) is 12.2 Å². The first-order chi connectivity index (χ1) is 7.77. The number of carbonyl (C=O) groups excluding carboxylic acids is 1. The molecule has 1 N–H and O–H groups in total. The molecule has 0 aromatic rings. The van der Waals surface area contributed by atoms with Crippen molar-refractivity contribution in [3.8, 4) is 0 Å². The predicted molar refractivity (Wildman–Crippen MR) is 64.3 cm³/mol. The lowest BCUT2D eigenvalue weighted by Crippen LogP contribution is -2.37. The third kappa shape index (κ3) is 4.49. The molecule has 0 saturated carbocycles. The minimum absolute atomic E-state index is 0.260. The minimum atomic E-state index is 0.260. The SMILES string of the molecule is CCNCCC(=O)N(CC)CC1CCOC1. The lowest BCUT2D eigenvalue weighted by atomic mass is 10.1. The van der Waals surface area contributed by atoms with E-state index in [1.165, 1.54) is 0 Å². The molecule has 0 aliphatic carbocycles. The number of carbonyl (C=O) groups is 1. The number of rotatable bonds is 7. The summed E-state index contributed by atoms with van der Waals surface area (Å²) in [5.74, 6) is 0.804. The third-order valence-corrected chi connectivity index (χ3v) is 3.00. The maximum atomic E-state index is 11.9. The molecular formula is C12H24N2O2. The zero-order valence-corrected chi connectivity index (χ0v) is 10.5. The highest BCUT2D eigenvalue weighted by atomic mass is 16.5. The molecule has 0 aromatic heterocycles. The summed E-state index contributed by atoms with van der Waals surface area (Å²) in [4.78, 5) is 13.8. The summed E-state index contributed by atoms with van der Waals surface area (Å²) in [6.45, 7) is 9.15. The molecule has 1 rings (SSSR count). The van der Waals surface area contributed by atoms with E-state index in [9.17, 15) is 4.79 Å². The van der Waals surface area contributed by atoms with Crippen molar-refractivity contribution >= 4 is 5.91 Å². The van der Waals surface area contributed by atoms with Gasteiger partial charge in [0, 0.05) is 38.6 Å². The van der Waals surface area contributed by atoms with Gasteiger partial charge in [-0.05, 0) is 19.9 Å². The Hall–Kier alpha value is -0.610. The van der Waals surface area contributed by atoms with Crippen LogP contribution in [0.25, 0.3) is 0 Å². The highest BCUT2D eigenvalue weighted by molar-refractivity contribution is 5.76. The van der Waals surface area contributed by atoms with E-state index in [0.717, 1.165) is 45.8 Å². The summed E-state index contributed by atoms with van der Waals surface area (Å²) >= 11 is 0. The van der Waals surface area contributed by atoms with Crippen LogP contribution in [0.1, 0.15) is 26.7 Å². The van der Waals surface area contributed by atoms with E-state index in [-0.39, 0.29) is 5.91 Å². The summed E-state index contributed by atoms with van der Waals surface area (Å²) < 4.78 is 5.33. The molecule has 1 unspecified atom stereocenters. The Morgan fingerprint density at radius 1 is 1.50 bits per heavy atom. The number of nitrogens with one attached hydrogen (secondary N) is 1. The van der Waals surface area contributed by atoms with E-state index in [0.29, 0.717) is 12.3 Å². The van der Waals surface area contributed by atoms with Crippen LogP contribution in [0, 0.1) is 5.92 Å². The summed E-state index contributed by atoms with van der Waals surface area (Å²) in [6.07, 6.45) is 1.70. The van der Waals surface area contributed by atoms with Gasteiger partial charge in [-0.2, -0.15) is 0 Å². The van der Waals surface area contributed by atoms with Crippen LogP contribution in [0.5, 0.6) is 0 Å². The summed E-state index contributed by atoms with van der Waals surface area (Å²) in [6, 6.07) is 0. The Morgan fingerprint density at radius 3 is 2.88 bits per heavy atom. The van der Waals surface area contributed by atoms with Crippen LogP contribution in [0.4, 0.5) is 0 Å². The number of hydrogen-bond acceptors (Lipinski definition) is 3. The molecular weight excluding hydrogens is 204 g/mol. The van der Waals surface area contributed by atoms with Crippen molar-refractivity contribution in [3.05, 3.63) is 0 Å². The largest absolute Gasteiger partial charge is 0.381 e. The van der Waals surface area contributed by atoms with Gasteiger partial charge in [0.15, 0.2) is 0 Å². The Bertz CT molecular complexity index is 203. The first-order valence-electron chi connectivity index (χ1n) is 6.34.